The van der Waals surface area contributed by atoms with Crippen LogP contribution in [0.3, 0.4) is 0 Å². The number of rotatable bonds is 6. The molecule has 2 aliphatic rings. The third kappa shape index (κ3) is 3.11. The second-order valence-electron chi connectivity index (χ2n) is 7.09. The van der Waals surface area contributed by atoms with Gasteiger partial charge in [-0.15, -0.1) is 0 Å². The van der Waals surface area contributed by atoms with Crippen molar-refractivity contribution in [1.29, 1.82) is 0 Å². The molecule has 0 radical (unpaired) electrons. The number of nitrogens with one attached hydrogen (secondary N) is 1. The van der Waals surface area contributed by atoms with Crippen molar-refractivity contribution < 1.29 is 19.2 Å². The van der Waals surface area contributed by atoms with E-state index in [1.54, 1.807) is 0 Å². The molecule has 140 valence electrons. The number of hydrogen-bond acceptors (Lipinski definition) is 6. The summed E-state index contributed by atoms with van der Waals surface area (Å²) in [6.45, 7) is 2.16. The van der Waals surface area contributed by atoms with E-state index in [1.807, 2.05) is 0 Å². The fraction of sp³-hybridized carbons (Fsp3) is 0.556. The Morgan fingerprint density at radius 2 is 2.04 bits per heavy atom. The number of carbonyl (C=O) groups is 1. The van der Waals surface area contributed by atoms with Crippen molar-refractivity contribution in [2.45, 2.75) is 32.6 Å². The van der Waals surface area contributed by atoms with E-state index in [4.69, 9.17) is 9.47 Å². The largest absolute Gasteiger partial charge is 0.493 e. The lowest BCUT2D eigenvalue weighted by Crippen LogP contribution is -2.22. The van der Waals surface area contributed by atoms with E-state index in [1.165, 1.54) is 39.0 Å². The number of hydrazone groups is 1. The number of nitro groups is 1. The highest BCUT2D eigenvalue weighted by atomic mass is 16.6. The molecule has 3 atom stereocenters. The third-order valence-electron chi connectivity index (χ3n) is 5.72. The Bertz CT molecular complexity index is 763. The van der Waals surface area contributed by atoms with E-state index in [-0.39, 0.29) is 34.2 Å². The predicted molar refractivity (Wildman–Crippen MR) is 95.5 cm³/mol. The van der Waals surface area contributed by atoms with E-state index < -0.39 is 4.92 Å². The fourth-order valence-corrected chi connectivity index (χ4v) is 4.23. The van der Waals surface area contributed by atoms with Crippen LogP contribution in [0.4, 0.5) is 5.69 Å². The minimum absolute atomic E-state index is 0.0115. The fourth-order valence-electron chi connectivity index (χ4n) is 4.23. The number of nitro benzene ring substituents is 1. The summed E-state index contributed by atoms with van der Waals surface area (Å²) in [5.41, 5.74) is 2.69. The SMILES string of the molecule is COc1cc(/C=N\NC(=O)[C@@H]2[C@@H]3CCCC[C@@]23C)c([N+](=O)[O-])cc1OC. The summed E-state index contributed by atoms with van der Waals surface area (Å²) in [5.74, 6) is 0.921. The molecule has 1 amide bonds. The highest BCUT2D eigenvalue weighted by Gasteiger charge is 2.64. The molecule has 2 aliphatic carbocycles. The zero-order valence-electron chi connectivity index (χ0n) is 15.2. The van der Waals surface area contributed by atoms with Crippen LogP contribution >= 0.6 is 0 Å². The van der Waals surface area contributed by atoms with Crippen LogP contribution in [0.2, 0.25) is 0 Å². The molecular formula is C18H23N3O5. The van der Waals surface area contributed by atoms with Crippen LogP contribution in [0.1, 0.15) is 38.2 Å². The van der Waals surface area contributed by atoms with Gasteiger partial charge in [0.05, 0.1) is 37.0 Å². The molecule has 2 fully saturated rings. The van der Waals surface area contributed by atoms with E-state index in [0.29, 0.717) is 11.7 Å². The monoisotopic (exact) mass is 361 g/mol. The van der Waals surface area contributed by atoms with E-state index in [9.17, 15) is 14.9 Å². The Balaban J connectivity index is 1.74. The Kier molecular flexibility index (Phi) is 4.84. The van der Waals surface area contributed by atoms with Gasteiger partial charge in [0.15, 0.2) is 11.5 Å². The van der Waals surface area contributed by atoms with Crippen molar-refractivity contribution in [3.8, 4) is 11.5 Å². The number of hydrogen-bond donors (Lipinski definition) is 1. The standard InChI is InChI=1S/C18H23N3O5/c1-18-7-5-4-6-12(18)16(18)17(22)20-19-10-11-8-14(25-2)15(26-3)9-13(11)21(23)24/h8-10,12,16H,4-7H2,1-3H3,(H,20,22)/b19-10-/t12-,16-,18+/m0/s1. The van der Waals surface area contributed by atoms with Gasteiger partial charge in [-0.25, -0.2) is 5.43 Å². The van der Waals surface area contributed by atoms with Gasteiger partial charge in [-0.3, -0.25) is 14.9 Å². The molecule has 1 aromatic rings. The van der Waals surface area contributed by atoms with Crippen LogP contribution in [0.25, 0.3) is 0 Å². The van der Waals surface area contributed by atoms with Gasteiger partial charge in [0.1, 0.15) is 0 Å². The number of carbonyl (C=O) groups excluding carboxylic acids is 1. The van der Waals surface area contributed by atoms with E-state index >= 15 is 0 Å². The second-order valence-corrected chi connectivity index (χ2v) is 7.09. The van der Waals surface area contributed by atoms with Crippen molar-refractivity contribution in [3.63, 3.8) is 0 Å². The van der Waals surface area contributed by atoms with Crippen LogP contribution in [-0.2, 0) is 4.79 Å². The van der Waals surface area contributed by atoms with Crippen molar-refractivity contribution in [1.82, 2.24) is 5.43 Å². The maximum Gasteiger partial charge on any atom is 0.282 e. The molecule has 26 heavy (non-hydrogen) atoms. The van der Waals surface area contributed by atoms with Crippen LogP contribution < -0.4 is 14.9 Å². The number of amides is 1. The lowest BCUT2D eigenvalue weighted by Gasteiger charge is -2.15. The molecule has 0 unspecified atom stereocenters. The summed E-state index contributed by atoms with van der Waals surface area (Å²) in [7, 11) is 2.85. The third-order valence-corrected chi connectivity index (χ3v) is 5.72. The maximum absolute atomic E-state index is 12.4. The van der Waals surface area contributed by atoms with Gasteiger partial charge in [0.25, 0.3) is 5.69 Å². The summed E-state index contributed by atoms with van der Waals surface area (Å²) >= 11 is 0. The van der Waals surface area contributed by atoms with Crippen LogP contribution in [0, 0.1) is 27.4 Å². The Hall–Kier alpha value is -2.64. The van der Waals surface area contributed by atoms with Crippen molar-refractivity contribution in [3.05, 3.63) is 27.8 Å². The molecule has 0 aromatic heterocycles. The quantitative estimate of drug-likeness (QED) is 0.477. The molecule has 0 bridgehead atoms. The summed E-state index contributed by atoms with van der Waals surface area (Å²) < 4.78 is 10.3. The van der Waals surface area contributed by atoms with Crippen LogP contribution in [0.5, 0.6) is 11.5 Å². The average molecular weight is 361 g/mol. The van der Waals surface area contributed by atoms with Crippen LogP contribution in [-0.4, -0.2) is 31.3 Å². The van der Waals surface area contributed by atoms with Crippen molar-refractivity contribution in [2.75, 3.05) is 14.2 Å². The first-order chi connectivity index (χ1) is 12.4. The predicted octanol–water partition coefficient (Wildman–Crippen LogP) is 2.89. The van der Waals surface area contributed by atoms with Gasteiger partial charge < -0.3 is 9.47 Å². The lowest BCUT2D eigenvalue weighted by atomic mass is 9.90. The molecule has 8 heteroatoms. The second kappa shape index (κ2) is 6.93. The van der Waals surface area contributed by atoms with Crippen molar-refractivity contribution >= 4 is 17.8 Å². The molecule has 1 N–H and O–H groups in total. The molecule has 0 heterocycles. The molecule has 0 saturated heterocycles. The molecule has 0 aliphatic heterocycles. The zero-order chi connectivity index (χ0) is 18.9. The van der Waals surface area contributed by atoms with E-state index in [0.717, 1.165) is 19.3 Å². The van der Waals surface area contributed by atoms with Gasteiger partial charge in [0, 0.05) is 5.92 Å². The molecule has 0 spiro atoms. The molecule has 1 aromatic carbocycles. The highest BCUT2D eigenvalue weighted by molar-refractivity contribution is 5.89. The zero-order valence-corrected chi connectivity index (χ0v) is 15.2. The van der Waals surface area contributed by atoms with Gasteiger partial charge in [-0.05, 0) is 30.2 Å². The van der Waals surface area contributed by atoms with Crippen molar-refractivity contribution in [2.24, 2.45) is 22.4 Å². The topological polar surface area (TPSA) is 103 Å². The van der Waals surface area contributed by atoms with Gasteiger partial charge in [-0.2, -0.15) is 5.10 Å². The highest BCUT2D eigenvalue weighted by Crippen LogP contribution is 2.66. The minimum atomic E-state index is -0.526. The molecule has 8 nitrogen and oxygen atoms in total. The first-order valence-electron chi connectivity index (χ1n) is 8.65. The average Bonchev–Trinajstić information content (AvgIpc) is 3.26. The lowest BCUT2D eigenvalue weighted by molar-refractivity contribution is -0.385. The first kappa shape index (κ1) is 18.2. The Morgan fingerprint density at radius 1 is 1.35 bits per heavy atom. The number of nitrogens with zero attached hydrogens (tertiary/aromatic N) is 2. The van der Waals surface area contributed by atoms with Gasteiger partial charge in [0.2, 0.25) is 5.91 Å². The molecule has 2 saturated carbocycles. The molecular weight excluding hydrogens is 338 g/mol. The van der Waals surface area contributed by atoms with Gasteiger partial charge in [-0.1, -0.05) is 19.8 Å². The van der Waals surface area contributed by atoms with Gasteiger partial charge >= 0.3 is 0 Å². The Morgan fingerprint density at radius 3 is 2.62 bits per heavy atom. The molecule has 3 rings (SSSR count). The van der Waals surface area contributed by atoms with E-state index in [2.05, 4.69) is 17.5 Å². The Labute approximate surface area is 151 Å². The number of methoxy groups -OCH3 is 2. The summed E-state index contributed by atoms with van der Waals surface area (Å²) in [5, 5.41) is 15.2. The summed E-state index contributed by atoms with van der Waals surface area (Å²) in [6.07, 6.45) is 5.76. The summed E-state index contributed by atoms with van der Waals surface area (Å²) in [6, 6.07) is 2.74. The number of fused-ring (bicyclic) bond motifs is 1. The normalized spacial score (nSPS) is 26.9. The van der Waals surface area contributed by atoms with Crippen LogP contribution in [0.15, 0.2) is 17.2 Å². The summed E-state index contributed by atoms with van der Waals surface area (Å²) in [4.78, 5) is 23.2. The number of benzene rings is 1. The minimum Gasteiger partial charge on any atom is -0.493 e. The maximum atomic E-state index is 12.4. The first-order valence-corrected chi connectivity index (χ1v) is 8.65. The number of ether oxygens (including phenoxy) is 2. The smallest absolute Gasteiger partial charge is 0.282 e.